The lowest BCUT2D eigenvalue weighted by atomic mass is 10.1. The van der Waals surface area contributed by atoms with Gasteiger partial charge in [-0.1, -0.05) is 13.8 Å². The molecule has 0 aliphatic carbocycles. The van der Waals surface area contributed by atoms with Crippen LogP contribution in [0.3, 0.4) is 0 Å². The fourth-order valence-corrected chi connectivity index (χ4v) is 1.97. The number of hydrogen-bond acceptors (Lipinski definition) is 3. The average Bonchev–Trinajstić information content (AvgIpc) is 2.46. The Hall–Kier alpha value is -1.19. The summed E-state index contributed by atoms with van der Waals surface area (Å²) in [5.74, 6) is 2.28. The second-order valence-electron chi connectivity index (χ2n) is 4.26. The lowest BCUT2D eigenvalue weighted by Crippen LogP contribution is -2.28. The maximum atomic E-state index is 6.06. The monoisotopic (exact) mass is 194 g/mol. The van der Waals surface area contributed by atoms with Crippen molar-refractivity contribution in [2.75, 3.05) is 24.2 Å². The van der Waals surface area contributed by atoms with Crippen LogP contribution in [0.1, 0.15) is 31.9 Å². The SMILES string of the molecule is CC(C)c1nc2n(c1N)CCCN2C. The number of hydrogen-bond donors (Lipinski definition) is 1. The lowest BCUT2D eigenvalue weighted by Gasteiger charge is -2.25. The van der Waals surface area contributed by atoms with Crippen molar-refractivity contribution in [3.8, 4) is 0 Å². The molecule has 4 heteroatoms. The maximum absolute atomic E-state index is 6.06. The molecule has 78 valence electrons. The molecule has 0 spiro atoms. The Balaban J connectivity index is 2.49. The molecule has 0 radical (unpaired) electrons. The Kier molecular flexibility index (Phi) is 2.13. The van der Waals surface area contributed by atoms with Gasteiger partial charge in [0.25, 0.3) is 0 Å². The molecule has 14 heavy (non-hydrogen) atoms. The van der Waals surface area contributed by atoms with Crippen molar-refractivity contribution >= 4 is 11.8 Å². The topological polar surface area (TPSA) is 47.1 Å². The third-order valence-electron chi connectivity index (χ3n) is 2.78. The molecule has 1 aliphatic heterocycles. The van der Waals surface area contributed by atoms with E-state index >= 15 is 0 Å². The van der Waals surface area contributed by atoms with Crippen LogP contribution in [0.4, 0.5) is 11.8 Å². The highest BCUT2D eigenvalue weighted by atomic mass is 15.3. The van der Waals surface area contributed by atoms with E-state index in [9.17, 15) is 0 Å². The minimum atomic E-state index is 0.404. The van der Waals surface area contributed by atoms with Gasteiger partial charge in [0.2, 0.25) is 5.95 Å². The van der Waals surface area contributed by atoms with Crippen molar-refractivity contribution in [3.63, 3.8) is 0 Å². The summed E-state index contributed by atoms with van der Waals surface area (Å²) in [4.78, 5) is 6.77. The minimum Gasteiger partial charge on any atom is -0.383 e. The van der Waals surface area contributed by atoms with Crippen LogP contribution in [-0.2, 0) is 6.54 Å². The fourth-order valence-electron chi connectivity index (χ4n) is 1.97. The molecule has 0 aromatic carbocycles. The van der Waals surface area contributed by atoms with Gasteiger partial charge in [0.05, 0.1) is 5.69 Å². The molecule has 0 fully saturated rings. The van der Waals surface area contributed by atoms with Gasteiger partial charge in [-0.05, 0) is 12.3 Å². The smallest absolute Gasteiger partial charge is 0.207 e. The second kappa shape index (κ2) is 3.19. The Bertz CT molecular complexity index is 340. The van der Waals surface area contributed by atoms with Gasteiger partial charge < -0.3 is 10.6 Å². The molecule has 4 nitrogen and oxygen atoms in total. The largest absolute Gasteiger partial charge is 0.383 e. The van der Waals surface area contributed by atoms with E-state index < -0.39 is 0 Å². The predicted molar refractivity (Wildman–Crippen MR) is 58.6 cm³/mol. The van der Waals surface area contributed by atoms with E-state index in [1.165, 1.54) is 0 Å². The van der Waals surface area contributed by atoms with E-state index in [0.717, 1.165) is 37.0 Å². The van der Waals surface area contributed by atoms with Gasteiger partial charge in [-0.25, -0.2) is 4.98 Å². The van der Waals surface area contributed by atoms with Crippen LogP contribution in [0.5, 0.6) is 0 Å². The van der Waals surface area contributed by atoms with Gasteiger partial charge in [-0.15, -0.1) is 0 Å². The Morgan fingerprint density at radius 1 is 1.36 bits per heavy atom. The fraction of sp³-hybridized carbons (Fsp3) is 0.700. The number of rotatable bonds is 1. The maximum Gasteiger partial charge on any atom is 0.207 e. The number of imidazole rings is 1. The molecule has 2 N–H and O–H groups in total. The number of fused-ring (bicyclic) bond motifs is 1. The summed E-state index contributed by atoms with van der Waals surface area (Å²) in [6, 6.07) is 0. The Morgan fingerprint density at radius 3 is 2.64 bits per heavy atom. The van der Waals surface area contributed by atoms with Crippen LogP contribution in [0.2, 0.25) is 0 Å². The van der Waals surface area contributed by atoms with E-state index in [4.69, 9.17) is 5.73 Å². The summed E-state index contributed by atoms with van der Waals surface area (Å²) in [6.45, 7) is 6.34. The van der Waals surface area contributed by atoms with Gasteiger partial charge >= 0.3 is 0 Å². The van der Waals surface area contributed by atoms with Crippen LogP contribution in [0.25, 0.3) is 0 Å². The molecule has 0 saturated carbocycles. The summed E-state index contributed by atoms with van der Waals surface area (Å²) in [5, 5.41) is 0. The number of anilines is 2. The van der Waals surface area contributed by atoms with Crippen molar-refractivity contribution in [3.05, 3.63) is 5.69 Å². The third-order valence-corrected chi connectivity index (χ3v) is 2.78. The molecule has 2 heterocycles. The zero-order valence-corrected chi connectivity index (χ0v) is 9.12. The second-order valence-corrected chi connectivity index (χ2v) is 4.26. The van der Waals surface area contributed by atoms with Gasteiger partial charge in [0.1, 0.15) is 5.82 Å². The molecule has 0 bridgehead atoms. The molecular weight excluding hydrogens is 176 g/mol. The molecule has 1 aromatic rings. The molecule has 2 rings (SSSR count). The molecule has 0 unspecified atom stereocenters. The highest BCUT2D eigenvalue weighted by Gasteiger charge is 2.22. The van der Waals surface area contributed by atoms with E-state index in [1.807, 2.05) is 0 Å². The summed E-state index contributed by atoms with van der Waals surface area (Å²) in [7, 11) is 2.07. The number of nitrogens with two attached hydrogens (primary N) is 1. The Morgan fingerprint density at radius 2 is 2.07 bits per heavy atom. The van der Waals surface area contributed by atoms with Crippen molar-refractivity contribution < 1.29 is 0 Å². The van der Waals surface area contributed by atoms with E-state index in [-0.39, 0.29) is 0 Å². The summed E-state index contributed by atoms with van der Waals surface area (Å²) >= 11 is 0. The van der Waals surface area contributed by atoms with Crippen molar-refractivity contribution in [2.24, 2.45) is 0 Å². The van der Waals surface area contributed by atoms with Gasteiger partial charge in [-0.3, -0.25) is 4.57 Å². The zero-order chi connectivity index (χ0) is 10.3. The van der Waals surface area contributed by atoms with Crippen molar-refractivity contribution in [2.45, 2.75) is 32.7 Å². The zero-order valence-electron chi connectivity index (χ0n) is 9.12. The molecule has 0 atom stereocenters. The number of nitrogen functional groups attached to an aromatic ring is 1. The quantitative estimate of drug-likeness (QED) is 0.735. The molecule has 1 aromatic heterocycles. The number of nitrogens with zero attached hydrogens (tertiary/aromatic N) is 3. The first kappa shape index (κ1) is 9.37. The van der Waals surface area contributed by atoms with Crippen molar-refractivity contribution in [1.82, 2.24) is 9.55 Å². The van der Waals surface area contributed by atoms with Gasteiger partial charge in [-0.2, -0.15) is 0 Å². The summed E-state index contributed by atoms with van der Waals surface area (Å²) in [5.41, 5.74) is 7.10. The van der Waals surface area contributed by atoms with Crippen LogP contribution < -0.4 is 10.6 Å². The van der Waals surface area contributed by atoms with Gasteiger partial charge in [0.15, 0.2) is 0 Å². The predicted octanol–water partition coefficient (Wildman–Crippen LogP) is 1.43. The number of aromatic nitrogens is 2. The van der Waals surface area contributed by atoms with Crippen LogP contribution in [0, 0.1) is 0 Å². The van der Waals surface area contributed by atoms with Crippen LogP contribution in [-0.4, -0.2) is 23.1 Å². The summed E-state index contributed by atoms with van der Waals surface area (Å²) < 4.78 is 2.12. The summed E-state index contributed by atoms with van der Waals surface area (Å²) in [6.07, 6.45) is 1.15. The van der Waals surface area contributed by atoms with E-state index in [0.29, 0.717) is 5.92 Å². The standard InChI is InChI=1S/C10H18N4/c1-7(2)8-9(11)14-6-4-5-13(3)10(14)12-8/h7H,4-6,11H2,1-3H3. The third kappa shape index (κ3) is 1.25. The average molecular weight is 194 g/mol. The molecule has 1 aliphatic rings. The van der Waals surface area contributed by atoms with Crippen LogP contribution in [0.15, 0.2) is 0 Å². The minimum absolute atomic E-state index is 0.404. The van der Waals surface area contributed by atoms with Gasteiger partial charge in [0, 0.05) is 20.1 Å². The normalized spacial score (nSPS) is 16.1. The van der Waals surface area contributed by atoms with Crippen LogP contribution >= 0.6 is 0 Å². The van der Waals surface area contributed by atoms with Crippen molar-refractivity contribution in [1.29, 1.82) is 0 Å². The van der Waals surface area contributed by atoms with E-state index in [2.05, 4.69) is 35.3 Å². The lowest BCUT2D eigenvalue weighted by molar-refractivity contribution is 0.584. The highest BCUT2D eigenvalue weighted by molar-refractivity contribution is 5.50. The first-order valence-corrected chi connectivity index (χ1v) is 5.18. The first-order valence-electron chi connectivity index (χ1n) is 5.18. The molecule has 0 amide bonds. The molecular formula is C10H18N4. The van der Waals surface area contributed by atoms with E-state index in [1.54, 1.807) is 0 Å². The molecule has 0 saturated heterocycles. The Labute approximate surface area is 84.7 Å². The first-order chi connectivity index (χ1) is 6.61. The highest BCUT2D eigenvalue weighted by Crippen LogP contribution is 2.29.